The Morgan fingerprint density at radius 1 is 1.12 bits per heavy atom. The van der Waals surface area contributed by atoms with Gasteiger partial charge in [0.05, 0.1) is 18.5 Å². The molecule has 2 heterocycles. The van der Waals surface area contributed by atoms with Crippen LogP contribution in [0.1, 0.15) is 45.7 Å². The lowest BCUT2D eigenvalue weighted by atomic mass is 10.0. The smallest absolute Gasteiger partial charge is 0.369 e. The minimum absolute atomic E-state index is 0.0141. The summed E-state index contributed by atoms with van der Waals surface area (Å²) in [5, 5.41) is 2.60. The fraction of sp³-hybridized carbons (Fsp3) is 0.226. The second-order valence-corrected chi connectivity index (χ2v) is 9.96. The molecule has 0 fully saturated rings. The van der Waals surface area contributed by atoms with Crippen molar-refractivity contribution in [2.24, 2.45) is 10.7 Å². The number of carbonyl (C=O) groups is 2. The molecule has 8 nitrogen and oxygen atoms in total. The number of carbonyl (C=O) groups excluding carboxylic acids is 2. The topological polar surface area (TPSA) is 106 Å². The molecule has 42 heavy (non-hydrogen) atoms. The zero-order valence-corrected chi connectivity index (χ0v) is 23.3. The molecular formula is C31H29F3N6O2. The fourth-order valence-electron chi connectivity index (χ4n) is 4.17. The maximum Gasteiger partial charge on any atom is 0.416 e. The lowest BCUT2D eigenvalue weighted by Crippen LogP contribution is -2.16. The van der Waals surface area contributed by atoms with Crippen molar-refractivity contribution in [2.75, 3.05) is 19.4 Å². The summed E-state index contributed by atoms with van der Waals surface area (Å²) >= 11 is 0. The van der Waals surface area contributed by atoms with Gasteiger partial charge in [-0.25, -0.2) is 9.98 Å². The second-order valence-electron chi connectivity index (χ2n) is 9.96. The molecule has 2 aromatic carbocycles. The Hall–Kier alpha value is -4.95. The van der Waals surface area contributed by atoms with Crippen LogP contribution in [0.15, 0.2) is 77.2 Å². The monoisotopic (exact) mass is 574 g/mol. The van der Waals surface area contributed by atoms with E-state index >= 15 is 0 Å². The van der Waals surface area contributed by atoms with E-state index in [9.17, 15) is 22.8 Å². The van der Waals surface area contributed by atoms with Crippen LogP contribution in [0.3, 0.4) is 0 Å². The quantitative estimate of drug-likeness (QED) is 0.387. The number of nitrogens with two attached hydrogens (primary N) is 1. The van der Waals surface area contributed by atoms with E-state index in [2.05, 4.69) is 27.1 Å². The van der Waals surface area contributed by atoms with Gasteiger partial charge in [0.25, 0.3) is 5.91 Å². The van der Waals surface area contributed by atoms with Gasteiger partial charge in [-0.1, -0.05) is 18.1 Å². The van der Waals surface area contributed by atoms with E-state index in [1.807, 2.05) is 32.0 Å². The van der Waals surface area contributed by atoms with E-state index in [-0.39, 0.29) is 23.4 Å². The van der Waals surface area contributed by atoms with Crippen LogP contribution in [0.4, 0.5) is 18.9 Å². The van der Waals surface area contributed by atoms with Gasteiger partial charge in [-0.2, -0.15) is 13.2 Å². The largest absolute Gasteiger partial charge is 0.416 e. The van der Waals surface area contributed by atoms with Crippen molar-refractivity contribution < 1.29 is 22.8 Å². The Labute approximate surface area is 241 Å². The van der Waals surface area contributed by atoms with Crippen molar-refractivity contribution in [3.63, 3.8) is 0 Å². The molecule has 2 amide bonds. The third-order valence-corrected chi connectivity index (χ3v) is 6.22. The number of amides is 2. The highest BCUT2D eigenvalue weighted by Crippen LogP contribution is 2.33. The summed E-state index contributed by atoms with van der Waals surface area (Å²) in [4.78, 5) is 34.8. The number of hydrogen-bond acceptors (Lipinski definition) is 5. The molecule has 0 aliphatic carbocycles. The first-order valence-corrected chi connectivity index (χ1v) is 12.9. The van der Waals surface area contributed by atoms with E-state index in [0.29, 0.717) is 35.6 Å². The fourth-order valence-corrected chi connectivity index (χ4v) is 4.17. The molecule has 1 aliphatic heterocycles. The van der Waals surface area contributed by atoms with Crippen molar-refractivity contribution >= 4 is 23.7 Å². The third-order valence-electron chi connectivity index (χ3n) is 6.22. The number of anilines is 1. The Bertz CT molecular complexity index is 1670. The number of allylic oxidation sites excluding steroid dienone is 3. The molecule has 0 bridgehead atoms. The van der Waals surface area contributed by atoms with Crippen LogP contribution >= 0.6 is 0 Å². The van der Waals surface area contributed by atoms with E-state index in [1.54, 1.807) is 41.3 Å². The number of imidazole rings is 1. The van der Waals surface area contributed by atoms with Gasteiger partial charge in [0.15, 0.2) is 0 Å². The van der Waals surface area contributed by atoms with Crippen LogP contribution in [0.2, 0.25) is 0 Å². The van der Waals surface area contributed by atoms with E-state index < -0.39 is 23.6 Å². The van der Waals surface area contributed by atoms with Crippen LogP contribution < -0.4 is 11.1 Å². The summed E-state index contributed by atoms with van der Waals surface area (Å²) < 4.78 is 43.0. The van der Waals surface area contributed by atoms with E-state index in [1.165, 1.54) is 12.3 Å². The number of halogens is 3. The van der Waals surface area contributed by atoms with Gasteiger partial charge in [-0.3, -0.25) is 9.59 Å². The number of aliphatic imine (C=N–C) groups is 1. The lowest BCUT2D eigenvalue weighted by Gasteiger charge is -2.16. The van der Waals surface area contributed by atoms with Crippen LogP contribution in [0.25, 0.3) is 5.69 Å². The highest BCUT2D eigenvalue weighted by atomic mass is 19.4. The number of nitrogens with zero attached hydrogens (tertiary/aromatic N) is 4. The zero-order chi connectivity index (χ0) is 30.4. The summed E-state index contributed by atoms with van der Waals surface area (Å²) in [5.74, 6) is 5.49. The SMILES string of the molecule is Cc1ccc(C(=O)Nc2cc(-n3ccnc3CN(C)C)cc(C(F)(F)F)c2)cc1C#CC1=CCC=C(CC(N)=O)C=N1. The van der Waals surface area contributed by atoms with Gasteiger partial charge < -0.3 is 20.5 Å². The first-order valence-electron chi connectivity index (χ1n) is 12.9. The van der Waals surface area contributed by atoms with Crippen LogP contribution in [0.5, 0.6) is 0 Å². The minimum Gasteiger partial charge on any atom is -0.369 e. The number of alkyl halides is 3. The summed E-state index contributed by atoms with van der Waals surface area (Å²) in [7, 11) is 3.66. The van der Waals surface area contributed by atoms with Crippen molar-refractivity contribution in [3.8, 4) is 17.5 Å². The molecule has 11 heteroatoms. The van der Waals surface area contributed by atoms with Crippen molar-refractivity contribution in [1.29, 1.82) is 0 Å². The average Bonchev–Trinajstić information content (AvgIpc) is 3.25. The summed E-state index contributed by atoms with van der Waals surface area (Å²) in [6, 6.07) is 8.27. The van der Waals surface area contributed by atoms with Crippen molar-refractivity contribution in [1.82, 2.24) is 14.5 Å². The van der Waals surface area contributed by atoms with Gasteiger partial charge in [-0.05, 0) is 80.9 Å². The molecule has 216 valence electrons. The molecular weight excluding hydrogens is 545 g/mol. The molecule has 1 aliphatic rings. The van der Waals surface area contributed by atoms with Crippen LogP contribution in [-0.2, 0) is 17.5 Å². The van der Waals surface area contributed by atoms with E-state index in [4.69, 9.17) is 5.73 Å². The standard InChI is InChI=1S/C31H29F3N6O2/c1-20-7-8-23(14-22(20)9-10-25-6-4-5-21(18-37-25)13-28(35)41)30(42)38-26-15-24(31(32,33)34)16-27(17-26)40-12-11-36-29(40)19-39(2)3/h5-8,11-12,14-18H,4,13,19H2,1-3H3,(H2,35,41)(H,38,42). The predicted octanol–water partition coefficient (Wildman–Crippen LogP) is 5.03. The van der Waals surface area contributed by atoms with E-state index in [0.717, 1.165) is 17.7 Å². The van der Waals surface area contributed by atoms with Gasteiger partial charge in [0, 0.05) is 41.1 Å². The molecule has 0 unspecified atom stereocenters. The number of hydrogen-bond donors (Lipinski definition) is 2. The molecule has 0 spiro atoms. The molecule has 4 rings (SSSR count). The Balaban J connectivity index is 1.59. The average molecular weight is 575 g/mol. The maximum absolute atomic E-state index is 13.8. The highest BCUT2D eigenvalue weighted by molar-refractivity contribution is 6.04. The van der Waals surface area contributed by atoms with Gasteiger partial charge >= 0.3 is 6.18 Å². The second kappa shape index (κ2) is 12.7. The Morgan fingerprint density at radius 3 is 2.62 bits per heavy atom. The number of benzene rings is 2. The molecule has 0 saturated heterocycles. The number of aryl methyl sites for hydroxylation is 1. The molecule has 0 radical (unpaired) electrons. The zero-order valence-electron chi connectivity index (χ0n) is 23.3. The number of primary amides is 1. The first-order chi connectivity index (χ1) is 19.9. The molecule has 3 N–H and O–H groups in total. The normalized spacial score (nSPS) is 13.1. The molecule has 0 atom stereocenters. The van der Waals surface area contributed by atoms with Crippen LogP contribution in [0, 0.1) is 18.8 Å². The van der Waals surface area contributed by atoms with Gasteiger partial charge in [0.1, 0.15) is 11.5 Å². The maximum atomic E-state index is 13.8. The van der Waals surface area contributed by atoms with Crippen molar-refractivity contribution in [2.45, 2.75) is 32.5 Å². The lowest BCUT2D eigenvalue weighted by molar-refractivity contribution is -0.137. The van der Waals surface area contributed by atoms with Crippen LogP contribution in [-0.4, -0.2) is 46.6 Å². The van der Waals surface area contributed by atoms with Crippen molar-refractivity contribution in [3.05, 3.63) is 100 Å². The third kappa shape index (κ3) is 7.83. The first kappa shape index (κ1) is 30.0. The predicted molar refractivity (Wildman–Crippen MR) is 155 cm³/mol. The Morgan fingerprint density at radius 2 is 1.90 bits per heavy atom. The summed E-state index contributed by atoms with van der Waals surface area (Å²) in [6.07, 6.45) is 4.27. The molecule has 0 saturated carbocycles. The number of rotatable bonds is 7. The molecule has 1 aromatic heterocycles. The molecule has 3 aromatic rings. The number of aromatic nitrogens is 2. The van der Waals surface area contributed by atoms with Gasteiger partial charge in [0.2, 0.25) is 5.91 Å². The highest BCUT2D eigenvalue weighted by Gasteiger charge is 2.32. The van der Waals surface area contributed by atoms with Gasteiger partial charge in [-0.15, -0.1) is 0 Å². The number of nitrogens with one attached hydrogen (secondary N) is 1. The summed E-state index contributed by atoms with van der Waals surface area (Å²) in [5.41, 5.74) is 7.33. The minimum atomic E-state index is -4.63. The summed E-state index contributed by atoms with van der Waals surface area (Å²) in [6.45, 7) is 2.24. The Kier molecular flexibility index (Phi) is 9.08.